The fourth-order valence-electron chi connectivity index (χ4n) is 3.57. The normalized spacial score (nSPS) is 22.1. The molecule has 4 rings (SSSR count). The smallest absolute Gasteiger partial charge is 0.238 e. The number of ether oxygens (including phenoxy) is 1. The van der Waals surface area contributed by atoms with E-state index in [1.807, 2.05) is 34.7 Å². The van der Waals surface area contributed by atoms with Gasteiger partial charge in [-0.15, -0.1) is 10.2 Å². The molecule has 1 saturated heterocycles. The number of nitrogens with one attached hydrogen (secondary N) is 1. The van der Waals surface area contributed by atoms with Crippen LogP contribution in [-0.2, 0) is 4.79 Å². The monoisotopic (exact) mass is 407 g/mol. The summed E-state index contributed by atoms with van der Waals surface area (Å²) in [5, 5.41) is 9.24. The van der Waals surface area contributed by atoms with Crippen molar-refractivity contribution in [3.8, 4) is 5.75 Å². The van der Waals surface area contributed by atoms with Gasteiger partial charge in [-0.25, -0.2) is 4.68 Å². The molecule has 2 aromatic rings. The van der Waals surface area contributed by atoms with Gasteiger partial charge in [-0.3, -0.25) is 4.79 Å². The summed E-state index contributed by atoms with van der Waals surface area (Å²) in [6, 6.07) is 5.40. The zero-order chi connectivity index (χ0) is 19.0. The SMILES string of the molecule is COc1ccc([C@H]2Nn3c(C)nnc3S[C@@H]2C(=O)N2CCCCC2)cc1Cl. The number of carbonyl (C=O) groups excluding carboxylic acids is 1. The summed E-state index contributed by atoms with van der Waals surface area (Å²) in [4.78, 5) is 15.3. The van der Waals surface area contributed by atoms with Crippen molar-refractivity contribution in [2.24, 2.45) is 0 Å². The van der Waals surface area contributed by atoms with E-state index in [1.54, 1.807) is 7.11 Å². The van der Waals surface area contributed by atoms with Crippen LogP contribution in [0, 0.1) is 6.92 Å². The summed E-state index contributed by atoms with van der Waals surface area (Å²) in [5.41, 5.74) is 4.35. The Morgan fingerprint density at radius 3 is 2.78 bits per heavy atom. The second kappa shape index (κ2) is 7.59. The lowest BCUT2D eigenvalue weighted by molar-refractivity contribution is -0.131. The van der Waals surface area contributed by atoms with E-state index >= 15 is 0 Å². The van der Waals surface area contributed by atoms with Crippen molar-refractivity contribution in [2.75, 3.05) is 25.6 Å². The second-order valence-electron chi connectivity index (χ2n) is 6.79. The summed E-state index contributed by atoms with van der Waals surface area (Å²) in [7, 11) is 1.59. The minimum atomic E-state index is -0.330. The number of rotatable bonds is 3. The van der Waals surface area contributed by atoms with Crippen molar-refractivity contribution in [3.05, 3.63) is 34.6 Å². The van der Waals surface area contributed by atoms with Crippen LogP contribution >= 0.6 is 23.4 Å². The summed E-state index contributed by atoms with van der Waals surface area (Å²) in [6.07, 6.45) is 3.31. The number of aryl methyl sites for hydroxylation is 1. The number of benzene rings is 1. The van der Waals surface area contributed by atoms with Crippen LogP contribution in [0.1, 0.15) is 36.7 Å². The minimum absolute atomic E-state index is 0.135. The number of aromatic nitrogens is 3. The molecule has 1 aromatic carbocycles. The van der Waals surface area contributed by atoms with E-state index in [1.165, 1.54) is 18.2 Å². The van der Waals surface area contributed by atoms with Gasteiger partial charge in [-0.1, -0.05) is 29.4 Å². The Morgan fingerprint density at radius 2 is 2.07 bits per heavy atom. The Balaban J connectivity index is 1.69. The zero-order valence-electron chi connectivity index (χ0n) is 15.3. The average Bonchev–Trinajstić information content (AvgIpc) is 3.07. The van der Waals surface area contributed by atoms with Crippen LogP contribution < -0.4 is 10.2 Å². The number of thioether (sulfide) groups is 1. The van der Waals surface area contributed by atoms with Crippen LogP contribution in [-0.4, -0.2) is 51.1 Å². The van der Waals surface area contributed by atoms with Gasteiger partial charge in [-0.05, 0) is 43.9 Å². The molecule has 0 bridgehead atoms. The maximum Gasteiger partial charge on any atom is 0.238 e. The third-order valence-corrected chi connectivity index (χ3v) is 6.54. The van der Waals surface area contributed by atoms with Gasteiger partial charge in [-0.2, -0.15) is 0 Å². The molecule has 27 heavy (non-hydrogen) atoms. The minimum Gasteiger partial charge on any atom is -0.495 e. The van der Waals surface area contributed by atoms with Crippen LogP contribution in [0.25, 0.3) is 0 Å². The van der Waals surface area contributed by atoms with Crippen molar-refractivity contribution in [1.82, 2.24) is 19.8 Å². The first-order valence-corrected chi connectivity index (χ1v) is 10.3. The molecule has 1 aromatic heterocycles. The predicted molar refractivity (Wildman–Crippen MR) is 105 cm³/mol. The van der Waals surface area contributed by atoms with E-state index in [4.69, 9.17) is 16.3 Å². The first-order chi connectivity index (χ1) is 13.1. The molecule has 1 N–H and O–H groups in total. The number of fused-ring (bicyclic) bond motifs is 1. The number of hydrogen-bond acceptors (Lipinski definition) is 6. The van der Waals surface area contributed by atoms with Gasteiger partial charge in [0.15, 0.2) is 0 Å². The van der Waals surface area contributed by atoms with Crippen molar-refractivity contribution in [1.29, 1.82) is 0 Å². The van der Waals surface area contributed by atoms with Crippen molar-refractivity contribution in [2.45, 2.75) is 42.6 Å². The molecule has 0 aliphatic carbocycles. The highest BCUT2D eigenvalue weighted by molar-refractivity contribution is 8.00. The Bertz CT molecular complexity index is 852. The number of likely N-dealkylation sites (tertiary alicyclic amines) is 1. The Hall–Kier alpha value is -1.93. The number of carbonyl (C=O) groups is 1. The van der Waals surface area contributed by atoms with Crippen molar-refractivity contribution < 1.29 is 9.53 Å². The lowest BCUT2D eigenvalue weighted by Crippen LogP contribution is -2.47. The Kier molecular flexibility index (Phi) is 5.19. The highest BCUT2D eigenvalue weighted by atomic mass is 35.5. The number of halogens is 1. The molecule has 2 aliphatic rings. The quantitative estimate of drug-likeness (QED) is 0.843. The lowest BCUT2D eigenvalue weighted by atomic mass is 10.0. The maximum absolute atomic E-state index is 13.3. The number of methoxy groups -OCH3 is 1. The molecule has 144 valence electrons. The molecule has 2 aliphatic heterocycles. The number of amides is 1. The van der Waals surface area contributed by atoms with Gasteiger partial charge in [0.2, 0.25) is 11.1 Å². The van der Waals surface area contributed by atoms with Gasteiger partial charge in [0, 0.05) is 13.1 Å². The van der Waals surface area contributed by atoms with Crippen LogP contribution in [0.2, 0.25) is 5.02 Å². The van der Waals surface area contributed by atoms with Crippen molar-refractivity contribution in [3.63, 3.8) is 0 Å². The van der Waals surface area contributed by atoms with E-state index in [9.17, 15) is 4.79 Å². The molecule has 7 nitrogen and oxygen atoms in total. The summed E-state index contributed by atoms with van der Waals surface area (Å²) >= 11 is 7.81. The molecule has 0 radical (unpaired) electrons. The summed E-state index contributed by atoms with van der Waals surface area (Å²) in [6.45, 7) is 3.52. The van der Waals surface area contributed by atoms with E-state index in [2.05, 4.69) is 15.6 Å². The molecule has 1 fully saturated rings. The highest BCUT2D eigenvalue weighted by Crippen LogP contribution is 2.39. The highest BCUT2D eigenvalue weighted by Gasteiger charge is 2.39. The van der Waals surface area contributed by atoms with E-state index < -0.39 is 0 Å². The van der Waals surface area contributed by atoms with Crippen LogP contribution in [0.5, 0.6) is 5.75 Å². The molecule has 0 unspecified atom stereocenters. The van der Waals surface area contributed by atoms with Gasteiger partial charge >= 0.3 is 0 Å². The molecule has 0 spiro atoms. The Morgan fingerprint density at radius 1 is 1.30 bits per heavy atom. The van der Waals surface area contributed by atoms with Crippen LogP contribution in [0.4, 0.5) is 0 Å². The molecule has 1 amide bonds. The molecular formula is C18H22ClN5O2S. The third kappa shape index (κ3) is 3.48. The first kappa shape index (κ1) is 18.4. The zero-order valence-corrected chi connectivity index (χ0v) is 16.9. The fourth-order valence-corrected chi connectivity index (χ4v) is 5.04. The summed E-state index contributed by atoms with van der Waals surface area (Å²) < 4.78 is 7.10. The Labute approximate surface area is 167 Å². The number of hydrogen-bond donors (Lipinski definition) is 1. The van der Waals surface area contributed by atoms with Gasteiger partial charge in [0.25, 0.3) is 0 Å². The van der Waals surface area contributed by atoms with Gasteiger partial charge in [0.1, 0.15) is 16.8 Å². The molecule has 9 heteroatoms. The van der Waals surface area contributed by atoms with Crippen LogP contribution in [0.3, 0.4) is 0 Å². The lowest BCUT2D eigenvalue weighted by Gasteiger charge is -2.37. The topological polar surface area (TPSA) is 72.3 Å². The van der Waals surface area contributed by atoms with Crippen LogP contribution in [0.15, 0.2) is 23.4 Å². The predicted octanol–water partition coefficient (Wildman–Crippen LogP) is 3.02. The molecule has 2 atom stereocenters. The van der Waals surface area contributed by atoms with E-state index in [-0.39, 0.29) is 17.2 Å². The van der Waals surface area contributed by atoms with Crippen molar-refractivity contribution >= 4 is 29.3 Å². The van der Waals surface area contributed by atoms with Gasteiger partial charge in [0.05, 0.1) is 18.2 Å². The molecular weight excluding hydrogens is 386 g/mol. The fraction of sp³-hybridized carbons (Fsp3) is 0.500. The third-order valence-electron chi connectivity index (χ3n) is 5.04. The summed E-state index contributed by atoms with van der Waals surface area (Å²) in [5.74, 6) is 1.51. The number of piperidine rings is 1. The largest absolute Gasteiger partial charge is 0.495 e. The maximum atomic E-state index is 13.3. The van der Waals surface area contributed by atoms with Gasteiger partial charge < -0.3 is 15.1 Å². The molecule has 3 heterocycles. The first-order valence-electron chi connectivity index (χ1n) is 9.06. The molecule has 0 saturated carbocycles. The second-order valence-corrected chi connectivity index (χ2v) is 8.31. The van der Waals surface area contributed by atoms with E-state index in [0.29, 0.717) is 15.9 Å². The average molecular weight is 408 g/mol. The number of nitrogens with zero attached hydrogens (tertiary/aromatic N) is 4. The van der Waals surface area contributed by atoms with E-state index in [0.717, 1.165) is 37.3 Å². The standard InChI is InChI=1S/C18H22ClN5O2S/c1-11-20-21-18-24(11)22-15(12-6-7-14(26-2)13(19)10-12)16(27-18)17(25)23-8-4-3-5-9-23/h6-7,10,15-16,22H,3-5,8-9H2,1-2H3/t15-,16+/m1/s1.